The summed E-state index contributed by atoms with van der Waals surface area (Å²) in [5.74, 6) is 0. The van der Waals surface area contributed by atoms with Gasteiger partial charge in [-0.05, 0) is 30.2 Å². The fourth-order valence-corrected chi connectivity index (χ4v) is 2.07. The minimum Gasteiger partial charge on any atom is -0.372 e. The van der Waals surface area contributed by atoms with Gasteiger partial charge in [0.25, 0.3) is 0 Å². The molecule has 0 saturated carbocycles. The zero-order chi connectivity index (χ0) is 15.6. The van der Waals surface area contributed by atoms with E-state index in [0.717, 1.165) is 11.1 Å². The lowest BCUT2D eigenvalue weighted by molar-refractivity contribution is 0.0639. The predicted molar refractivity (Wildman–Crippen MR) is 85.3 cm³/mol. The molecular formula is C17H21N3O2. The first-order valence-electron chi connectivity index (χ1n) is 7.36. The van der Waals surface area contributed by atoms with Crippen LogP contribution in [0.5, 0.6) is 0 Å². The first-order valence-corrected chi connectivity index (χ1v) is 7.36. The molecule has 1 atom stereocenters. The maximum Gasteiger partial charge on any atom is 0.315 e. The molecule has 0 bridgehead atoms. The molecule has 0 aliphatic heterocycles. The lowest BCUT2D eigenvalue weighted by Crippen LogP contribution is -2.37. The molecule has 0 spiro atoms. The standard InChI is InChI=1S/C17H21N3O2/c1-2-22-16(15-6-4-3-5-7-15)13-20-17(21)19-12-14-8-10-18-11-9-14/h3-11,16H,2,12-13H2,1H3,(H2,19,20,21). The van der Waals surface area contributed by atoms with Gasteiger partial charge in [0.15, 0.2) is 0 Å². The number of hydrogen-bond donors (Lipinski definition) is 2. The third-order valence-electron chi connectivity index (χ3n) is 3.19. The molecule has 0 aliphatic rings. The average molecular weight is 299 g/mol. The van der Waals surface area contributed by atoms with Gasteiger partial charge in [-0.25, -0.2) is 4.79 Å². The van der Waals surface area contributed by atoms with Gasteiger partial charge in [-0.3, -0.25) is 4.98 Å². The van der Waals surface area contributed by atoms with Crippen molar-refractivity contribution in [3.63, 3.8) is 0 Å². The topological polar surface area (TPSA) is 63.2 Å². The molecule has 5 nitrogen and oxygen atoms in total. The molecular weight excluding hydrogens is 278 g/mol. The van der Waals surface area contributed by atoms with Crippen molar-refractivity contribution in [1.82, 2.24) is 15.6 Å². The summed E-state index contributed by atoms with van der Waals surface area (Å²) in [5, 5.41) is 5.66. The Balaban J connectivity index is 1.80. The van der Waals surface area contributed by atoms with Gasteiger partial charge in [0.05, 0.1) is 6.10 Å². The van der Waals surface area contributed by atoms with E-state index in [1.54, 1.807) is 12.4 Å². The minimum absolute atomic E-state index is 0.141. The molecule has 1 aromatic heterocycles. The number of pyridine rings is 1. The molecule has 2 N–H and O–H groups in total. The Morgan fingerprint density at radius 3 is 2.55 bits per heavy atom. The van der Waals surface area contributed by atoms with E-state index in [2.05, 4.69) is 15.6 Å². The van der Waals surface area contributed by atoms with E-state index in [1.165, 1.54) is 0 Å². The number of urea groups is 1. The second kappa shape index (κ2) is 8.79. The molecule has 5 heteroatoms. The van der Waals surface area contributed by atoms with Crippen molar-refractivity contribution in [2.45, 2.75) is 19.6 Å². The van der Waals surface area contributed by atoms with Crippen LogP contribution in [0.15, 0.2) is 54.9 Å². The Labute approximate surface area is 130 Å². The van der Waals surface area contributed by atoms with Gasteiger partial charge in [0.2, 0.25) is 0 Å². The van der Waals surface area contributed by atoms with E-state index >= 15 is 0 Å². The van der Waals surface area contributed by atoms with E-state index in [9.17, 15) is 4.79 Å². The molecule has 0 fully saturated rings. The largest absolute Gasteiger partial charge is 0.372 e. The van der Waals surface area contributed by atoms with Crippen molar-refractivity contribution in [3.8, 4) is 0 Å². The highest BCUT2D eigenvalue weighted by molar-refractivity contribution is 5.73. The SMILES string of the molecule is CCOC(CNC(=O)NCc1ccncc1)c1ccccc1. The molecule has 0 radical (unpaired) electrons. The maximum absolute atomic E-state index is 11.9. The molecule has 22 heavy (non-hydrogen) atoms. The van der Waals surface area contributed by atoms with E-state index in [4.69, 9.17) is 4.74 Å². The van der Waals surface area contributed by atoms with Crippen molar-refractivity contribution < 1.29 is 9.53 Å². The number of amides is 2. The van der Waals surface area contributed by atoms with Gasteiger partial charge in [0.1, 0.15) is 0 Å². The van der Waals surface area contributed by atoms with Crippen LogP contribution in [0.3, 0.4) is 0 Å². The summed E-state index contributed by atoms with van der Waals surface area (Å²) in [7, 11) is 0. The number of aromatic nitrogens is 1. The fourth-order valence-electron chi connectivity index (χ4n) is 2.07. The summed E-state index contributed by atoms with van der Waals surface area (Å²) in [6.07, 6.45) is 3.27. The molecule has 0 saturated heterocycles. The van der Waals surface area contributed by atoms with Gasteiger partial charge in [0, 0.05) is 32.1 Å². The van der Waals surface area contributed by atoms with Crippen LogP contribution in [0.4, 0.5) is 4.79 Å². The molecule has 1 heterocycles. The number of nitrogens with one attached hydrogen (secondary N) is 2. The molecule has 116 valence electrons. The zero-order valence-corrected chi connectivity index (χ0v) is 12.7. The van der Waals surface area contributed by atoms with Crippen LogP contribution in [-0.4, -0.2) is 24.2 Å². The summed E-state index contributed by atoms with van der Waals surface area (Å²) in [6, 6.07) is 13.4. The van der Waals surface area contributed by atoms with E-state index < -0.39 is 0 Å². The molecule has 0 aliphatic carbocycles. The number of nitrogens with zero attached hydrogens (tertiary/aromatic N) is 1. The van der Waals surface area contributed by atoms with Crippen molar-refractivity contribution in [1.29, 1.82) is 0 Å². The van der Waals surface area contributed by atoms with Crippen molar-refractivity contribution in [3.05, 3.63) is 66.0 Å². The van der Waals surface area contributed by atoms with Crippen LogP contribution in [0.25, 0.3) is 0 Å². The summed E-state index contributed by atoms with van der Waals surface area (Å²) in [6.45, 7) is 3.44. The van der Waals surface area contributed by atoms with Crippen LogP contribution in [0.2, 0.25) is 0 Å². The van der Waals surface area contributed by atoms with Gasteiger partial charge < -0.3 is 15.4 Å². The quantitative estimate of drug-likeness (QED) is 0.826. The third-order valence-corrected chi connectivity index (χ3v) is 3.19. The average Bonchev–Trinajstić information content (AvgIpc) is 2.58. The van der Waals surface area contributed by atoms with Crippen molar-refractivity contribution >= 4 is 6.03 Å². The summed E-state index contributed by atoms with van der Waals surface area (Å²) < 4.78 is 5.69. The lowest BCUT2D eigenvalue weighted by atomic mass is 10.1. The van der Waals surface area contributed by atoms with Gasteiger partial charge in [-0.15, -0.1) is 0 Å². The van der Waals surface area contributed by atoms with Crippen LogP contribution in [0.1, 0.15) is 24.2 Å². The highest BCUT2D eigenvalue weighted by Crippen LogP contribution is 2.15. The Morgan fingerprint density at radius 1 is 1.14 bits per heavy atom. The zero-order valence-electron chi connectivity index (χ0n) is 12.7. The van der Waals surface area contributed by atoms with Gasteiger partial charge in [-0.2, -0.15) is 0 Å². The van der Waals surface area contributed by atoms with Crippen molar-refractivity contribution in [2.24, 2.45) is 0 Å². The Bertz CT molecular complexity index is 561. The third kappa shape index (κ3) is 5.18. The minimum atomic E-state index is -0.211. The molecule has 1 unspecified atom stereocenters. The fraction of sp³-hybridized carbons (Fsp3) is 0.294. The Morgan fingerprint density at radius 2 is 1.86 bits per heavy atom. The number of ether oxygens (including phenoxy) is 1. The van der Waals surface area contributed by atoms with E-state index in [-0.39, 0.29) is 12.1 Å². The second-order valence-corrected chi connectivity index (χ2v) is 4.77. The van der Waals surface area contributed by atoms with Crippen LogP contribution in [-0.2, 0) is 11.3 Å². The number of hydrogen-bond acceptors (Lipinski definition) is 3. The highest BCUT2D eigenvalue weighted by Gasteiger charge is 2.12. The second-order valence-electron chi connectivity index (χ2n) is 4.77. The summed E-state index contributed by atoms with van der Waals surface area (Å²) in [4.78, 5) is 15.8. The summed E-state index contributed by atoms with van der Waals surface area (Å²) >= 11 is 0. The lowest BCUT2D eigenvalue weighted by Gasteiger charge is -2.18. The first-order chi connectivity index (χ1) is 10.8. The van der Waals surface area contributed by atoms with Crippen molar-refractivity contribution in [2.75, 3.05) is 13.2 Å². The highest BCUT2D eigenvalue weighted by atomic mass is 16.5. The number of carbonyl (C=O) groups is 1. The number of benzene rings is 1. The normalized spacial score (nSPS) is 11.7. The molecule has 2 aromatic rings. The van der Waals surface area contributed by atoms with Gasteiger partial charge >= 0.3 is 6.03 Å². The smallest absolute Gasteiger partial charge is 0.315 e. The van der Waals surface area contributed by atoms with E-state index in [1.807, 2.05) is 49.4 Å². The predicted octanol–water partition coefficient (Wildman–Crippen LogP) is 2.66. The van der Waals surface area contributed by atoms with E-state index in [0.29, 0.717) is 19.7 Å². The first kappa shape index (κ1) is 16.0. The molecule has 2 amide bonds. The monoisotopic (exact) mass is 299 g/mol. The van der Waals surface area contributed by atoms with Gasteiger partial charge in [-0.1, -0.05) is 30.3 Å². The van der Waals surface area contributed by atoms with Crippen LogP contribution >= 0.6 is 0 Å². The van der Waals surface area contributed by atoms with Crippen LogP contribution < -0.4 is 10.6 Å². The molecule has 1 aromatic carbocycles. The summed E-state index contributed by atoms with van der Waals surface area (Å²) in [5.41, 5.74) is 2.06. The number of rotatable bonds is 7. The Kier molecular flexibility index (Phi) is 6.39. The maximum atomic E-state index is 11.9. The number of carbonyl (C=O) groups excluding carboxylic acids is 1. The van der Waals surface area contributed by atoms with Crippen LogP contribution in [0, 0.1) is 0 Å². The Hall–Kier alpha value is -2.40. The molecule has 2 rings (SSSR count).